The zero-order valence-corrected chi connectivity index (χ0v) is 15.7. The number of hydrogen-bond acceptors (Lipinski definition) is 6. The second kappa shape index (κ2) is 7.94. The Bertz CT molecular complexity index is 1150. The van der Waals surface area contributed by atoms with E-state index in [-0.39, 0.29) is 22.8 Å². The fraction of sp³-hybridized carbons (Fsp3) is 0.105. The number of aromatic nitrogens is 3. The van der Waals surface area contributed by atoms with Gasteiger partial charge in [0.1, 0.15) is 12.1 Å². The molecule has 28 heavy (non-hydrogen) atoms. The summed E-state index contributed by atoms with van der Waals surface area (Å²) in [5, 5.41) is 6.54. The largest absolute Gasteiger partial charge is 0.497 e. The number of amides is 1. The molecule has 0 saturated carbocycles. The van der Waals surface area contributed by atoms with Gasteiger partial charge in [0.15, 0.2) is 5.82 Å². The van der Waals surface area contributed by atoms with Crippen LogP contribution >= 0.6 is 0 Å². The third kappa shape index (κ3) is 3.87. The van der Waals surface area contributed by atoms with Crippen molar-refractivity contribution in [3.63, 3.8) is 0 Å². The standard InChI is InChI=1S/C19H16N4O4S/c1-3-11-20-19(24)15-5-4-6-17(12-15)28(25,26)23-13-21-18(22-23)14-7-9-16(27-2)10-8-14/h1,4-10,12-13H,11H2,2H3,(H,20,24). The Kier molecular flexibility index (Phi) is 5.42. The predicted molar refractivity (Wildman–Crippen MR) is 102 cm³/mol. The van der Waals surface area contributed by atoms with E-state index in [1.807, 2.05) is 0 Å². The molecule has 8 nitrogen and oxygen atoms in total. The van der Waals surface area contributed by atoms with Crippen LogP contribution in [0.4, 0.5) is 0 Å². The topological polar surface area (TPSA) is 103 Å². The molecule has 142 valence electrons. The van der Waals surface area contributed by atoms with E-state index in [1.165, 1.54) is 24.3 Å². The number of rotatable bonds is 6. The van der Waals surface area contributed by atoms with Crippen molar-refractivity contribution in [2.45, 2.75) is 4.90 Å². The Hall–Kier alpha value is -3.64. The maximum Gasteiger partial charge on any atom is 0.284 e. The predicted octanol–water partition coefficient (Wildman–Crippen LogP) is 1.55. The highest BCUT2D eigenvalue weighted by molar-refractivity contribution is 7.89. The first-order chi connectivity index (χ1) is 13.5. The van der Waals surface area contributed by atoms with Crippen LogP contribution in [0.15, 0.2) is 59.8 Å². The molecule has 0 saturated heterocycles. The minimum Gasteiger partial charge on any atom is -0.497 e. The fourth-order valence-corrected chi connectivity index (χ4v) is 3.47. The zero-order valence-electron chi connectivity index (χ0n) is 14.9. The van der Waals surface area contributed by atoms with E-state index in [9.17, 15) is 13.2 Å². The van der Waals surface area contributed by atoms with Gasteiger partial charge in [0.05, 0.1) is 18.6 Å². The third-order valence-electron chi connectivity index (χ3n) is 3.81. The van der Waals surface area contributed by atoms with E-state index in [1.54, 1.807) is 31.4 Å². The highest BCUT2D eigenvalue weighted by Gasteiger charge is 2.21. The maximum atomic E-state index is 12.8. The number of benzene rings is 2. The van der Waals surface area contributed by atoms with Crippen molar-refractivity contribution in [2.24, 2.45) is 0 Å². The summed E-state index contributed by atoms with van der Waals surface area (Å²) in [5.74, 6) is 2.73. The van der Waals surface area contributed by atoms with Crippen molar-refractivity contribution >= 4 is 15.9 Å². The van der Waals surface area contributed by atoms with E-state index in [2.05, 4.69) is 21.3 Å². The van der Waals surface area contributed by atoms with Crippen LogP contribution in [0.1, 0.15) is 10.4 Å². The van der Waals surface area contributed by atoms with Crippen molar-refractivity contribution in [1.82, 2.24) is 19.5 Å². The van der Waals surface area contributed by atoms with Gasteiger partial charge in [-0.15, -0.1) is 15.6 Å². The zero-order chi connectivity index (χ0) is 20.1. The molecule has 0 radical (unpaired) electrons. The van der Waals surface area contributed by atoms with E-state index >= 15 is 0 Å². The molecule has 0 spiro atoms. The van der Waals surface area contributed by atoms with Crippen LogP contribution in [0.3, 0.4) is 0 Å². The molecular weight excluding hydrogens is 380 g/mol. The average molecular weight is 396 g/mol. The van der Waals surface area contributed by atoms with E-state index in [0.717, 1.165) is 10.4 Å². The van der Waals surface area contributed by atoms with Crippen molar-refractivity contribution in [3.05, 3.63) is 60.4 Å². The van der Waals surface area contributed by atoms with Crippen LogP contribution in [0.2, 0.25) is 0 Å². The number of ether oxygens (including phenoxy) is 1. The summed E-state index contributed by atoms with van der Waals surface area (Å²) in [4.78, 5) is 16.0. The Morgan fingerprint density at radius 2 is 2.00 bits per heavy atom. The molecule has 3 rings (SSSR count). The van der Waals surface area contributed by atoms with Gasteiger partial charge in [-0.3, -0.25) is 4.79 Å². The summed E-state index contributed by atoms with van der Waals surface area (Å²) in [6.07, 6.45) is 6.22. The molecule has 1 N–H and O–H groups in total. The molecule has 1 heterocycles. The van der Waals surface area contributed by atoms with Gasteiger partial charge in [0.2, 0.25) is 0 Å². The van der Waals surface area contributed by atoms with Crippen LogP contribution in [-0.4, -0.2) is 42.1 Å². The summed E-state index contributed by atoms with van der Waals surface area (Å²) < 4.78 is 31.5. The molecule has 0 aliphatic carbocycles. The van der Waals surface area contributed by atoms with Crippen LogP contribution in [0.5, 0.6) is 5.75 Å². The Morgan fingerprint density at radius 3 is 2.68 bits per heavy atom. The number of methoxy groups -OCH3 is 1. The van der Waals surface area contributed by atoms with Gasteiger partial charge in [-0.2, -0.15) is 8.42 Å². The van der Waals surface area contributed by atoms with Crippen LogP contribution in [0.25, 0.3) is 11.4 Å². The SMILES string of the molecule is C#CCNC(=O)c1cccc(S(=O)(=O)n2cnc(-c3ccc(OC)cc3)n2)c1. The molecule has 2 aromatic carbocycles. The number of terminal acetylenes is 1. The molecule has 3 aromatic rings. The maximum absolute atomic E-state index is 12.8. The molecule has 0 aliphatic heterocycles. The van der Waals surface area contributed by atoms with Gasteiger partial charge in [0, 0.05) is 11.1 Å². The molecule has 0 atom stereocenters. The average Bonchev–Trinajstić information content (AvgIpc) is 3.23. The fourth-order valence-electron chi connectivity index (χ4n) is 2.38. The first-order valence-electron chi connectivity index (χ1n) is 8.09. The molecule has 9 heteroatoms. The van der Waals surface area contributed by atoms with Gasteiger partial charge in [-0.1, -0.05) is 12.0 Å². The number of hydrogen-bond donors (Lipinski definition) is 1. The van der Waals surface area contributed by atoms with Gasteiger partial charge in [-0.25, -0.2) is 4.98 Å². The van der Waals surface area contributed by atoms with E-state index in [4.69, 9.17) is 11.2 Å². The minimum atomic E-state index is -4.02. The minimum absolute atomic E-state index is 0.0457. The molecule has 0 unspecified atom stereocenters. The lowest BCUT2D eigenvalue weighted by molar-refractivity contribution is 0.0958. The van der Waals surface area contributed by atoms with Crippen LogP contribution in [-0.2, 0) is 10.0 Å². The van der Waals surface area contributed by atoms with Gasteiger partial charge < -0.3 is 10.1 Å². The second-order valence-corrected chi connectivity index (χ2v) is 7.38. The first-order valence-corrected chi connectivity index (χ1v) is 9.53. The lowest BCUT2D eigenvalue weighted by Crippen LogP contribution is -2.24. The lowest BCUT2D eigenvalue weighted by atomic mass is 10.2. The van der Waals surface area contributed by atoms with Crippen LogP contribution in [0, 0.1) is 12.3 Å². The highest BCUT2D eigenvalue weighted by Crippen LogP contribution is 2.20. The summed E-state index contributed by atoms with van der Waals surface area (Å²) in [6.45, 7) is 0.0457. The number of carbonyl (C=O) groups is 1. The van der Waals surface area contributed by atoms with Crippen molar-refractivity contribution in [3.8, 4) is 29.5 Å². The normalized spacial score (nSPS) is 10.9. The van der Waals surface area contributed by atoms with Gasteiger partial charge in [0.25, 0.3) is 15.9 Å². The molecule has 1 amide bonds. The monoisotopic (exact) mass is 396 g/mol. The van der Waals surface area contributed by atoms with Crippen molar-refractivity contribution < 1.29 is 17.9 Å². The third-order valence-corrected chi connectivity index (χ3v) is 5.33. The smallest absolute Gasteiger partial charge is 0.284 e. The second-order valence-electron chi connectivity index (χ2n) is 5.59. The first kappa shape index (κ1) is 19.1. The molecular formula is C19H16N4O4S. The van der Waals surface area contributed by atoms with Crippen molar-refractivity contribution in [1.29, 1.82) is 0 Å². The lowest BCUT2D eigenvalue weighted by Gasteiger charge is -2.06. The summed E-state index contributed by atoms with van der Waals surface area (Å²) in [5.41, 5.74) is 0.809. The molecule has 1 aromatic heterocycles. The number of nitrogens with zero attached hydrogens (tertiary/aromatic N) is 3. The summed E-state index contributed by atoms with van der Waals surface area (Å²) in [7, 11) is -2.47. The Labute approximate surface area is 162 Å². The van der Waals surface area contributed by atoms with Gasteiger partial charge in [-0.05, 0) is 42.5 Å². The highest BCUT2D eigenvalue weighted by atomic mass is 32.2. The molecule has 0 fully saturated rings. The Balaban J connectivity index is 1.90. The number of carbonyl (C=O) groups excluding carboxylic acids is 1. The summed E-state index contributed by atoms with van der Waals surface area (Å²) >= 11 is 0. The van der Waals surface area contributed by atoms with Crippen molar-refractivity contribution in [2.75, 3.05) is 13.7 Å². The summed E-state index contributed by atoms with van der Waals surface area (Å²) in [6, 6.07) is 12.5. The van der Waals surface area contributed by atoms with E-state index < -0.39 is 15.9 Å². The van der Waals surface area contributed by atoms with Gasteiger partial charge >= 0.3 is 0 Å². The molecule has 0 bridgehead atoms. The Morgan fingerprint density at radius 1 is 1.25 bits per heavy atom. The number of nitrogens with one attached hydrogen (secondary N) is 1. The van der Waals surface area contributed by atoms with Crippen LogP contribution < -0.4 is 10.1 Å². The quantitative estimate of drug-likeness (QED) is 0.634. The molecule has 0 aliphatic rings. The van der Waals surface area contributed by atoms with E-state index in [0.29, 0.717) is 11.3 Å².